The molecule has 0 saturated carbocycles. The average molecular weight is 284 g/mol. The van der Waals surface area contributed by atoms with Gasteiger partial charge >= 0.3 is 5.97 Å². The molecule has 0 unspecified atom stereocenters. The molecule has 20 heavy (non-hydrogen) atoms. The van der Waals surface area contributed by atoms with Crippen molar-refractivity contribution in [3.63, 3.8) is 0 Å². The van der Waals surface area contributed by atoms with Gasteiger partial charge in [-0.25, -0.2) is 4.79 Å². The Bertz CT molecular complexity index is 703. The largest absolute Gasteiger partial charge is 0.422 e. The number of pyridine rings is 1. The maximum atomic E-state index is 11.8. The number of cyclic esters (lactones) is 1. The highest BCUT2D eigenvalue weighted by atomic mass is 35.5. The van der Waals surface area contributed by atoms with Crippen LogP contribution in [0.4, 0.5) is 0 Å². The number of carbonyl (C=O) groups is 1. The van der Waals surface area contributed by atoms with Gasteiger partial charge < -0.3 is 4.74 Å². The number of esters is 1. The highest BCUT2D eigenvalue weighted by Gasteiger charge is 2.21. The summed E-state index contributed by atoms with van der Waals surface area (Å²) >= 11 is 5.84. The van der Waals surface area contributed by atoms with Crippen LogP contribution < -0.4 is 0 Å². The average Bonchev–Trinajstić information content (AvgIpc) is 2.82. The van der Waals surface area contributed by atoms with Crippen molar-refractivity contribution >= 4 is 29.4 Å². The van der Waals surface area contributed by atoms with Gasteiger partial charge in [0, 0.05) is 16.8 Å². The molecule has 0 amide bonds. The SMILES string of the molecule is O=C1OC(c2ccc(Cl)cc2)=C/C1=C\c1ccccn1. The third kappa shape index (κ3) is 2.63. The minimum atomic E-state index is -0.374. The zero-order chi connectivity index (χ0) is 13.9. The quantitative estimate of drug-likeness (QED) is 0.623. The first-order valence-corrected chi connectivity index (χ1v) is 6.43. The summed E-state index contributed by atoms with van der Waals surface area (Å²) in [7, 11) is 0. The number of halogens is 1. The van der Waals surface area contributed by atoms with E-state index in [4.69, 9.17) is 16.3 Å². The van der Waals surface area contributed by atoms with Crippen LogP contribution in [0, 0.1) is 0 Å². The predicted molar refractivity (Wildman–Crippen MR) is 77.7 cm³/mol. The summed E-state index contributed by atoms with van der Waals surface area (Å²) in [5.41, 5.74) is 2.01. The highest BCUT2D eigenvalue weighted by Crippen LogP contribution is 2.27. The van der Waals surface area contributed by atoms with Gasteiger partial charge in [0.1, 0.15) is 5.76 Å². The molecule has 2 heterocycles. The number of hydrogen-bond donors (Lipinski definition) is 0. The van der Waals surface area contributed by atoms with Gasteiger partial charge in [0.2, 0.25) is 0 Å². The molecule has 0 N–H and O–H groups in total. The molecule has 1 aromatic heterocycles. The zero-order valence-electron chi connectivity index (χ0n) is 10.4. The van der Waals surface area contributed by atoms with E-state index in [0.717, 1.165) is 5.56 Å². The second-order valence-corrected chi connectivity index (χ2v) is 4.70. The van der Waals surface area contributed by atoms with Crippen molar-refractivity contribution in [1.29, 1.82) is 0 Å². The molecule has 0 radical (unpaired) electrons. The van der Waals surface area contributed by atoms with E-state index in [0.29, 0.717) is 22.0 Å². The Balaban J connectivity index is 1.93. The van der Waals surface area contributed by atoms with E-state index in [1.165, 1.54) is 0 Å². The van der Waals surface area contributed by atoms with Crippen LogP contribution in [0.3, 0.4) is 0 Å². The normalized spacial score (nSPS) is 16.1. The van der Waals surface area contributed by atoms with Crippen LogP contribution in [0.25, 0.3) is 11.8 Å². The molecule has 0 aliphatic carbocycles. The van der Waals surface area contributed by atoms with Gasteiger partial charge in [0.15, 0.2) is 0 Å². The first-order chi connectivity index (χ1) is 9.72. The Labute approximate surface area is 121 Å². The summed E-state index contributed by atoms with van der Waals surface area (Å²) < 4.78 is 5.26. The van der Waals surface area contributed by atoms with Crippen LogP contribution in [0.1, 0.15) is 11.3 Å². The molecule has 98 valence electrons. The first-order valence-electron chi connectivity index (χ1n) is 6.05. The van der Waals surface area contributed by atoms with Crippen LogP contribution in [0.2, 0.25) is 5.02 Å². The maximum Gasteiger partial charge on any atom is 0.343 e. The van der Waals surface area contributed by atoms with E-state index in [9.17, 15) is 4.79 Å². The number of benzene rings is 1. The van der Waals surface area contributed by atoms with E-state index in [2.05, 4.69) is 4.98 Å². The third-order valence-corrected chi connectivity index (χ3v) is 3.10. The Morgan fingerprint density at radius 3 is 2.60 bits per heavy atom. The number of carbonyl (C=O) groups excluding carboxylic acids is 1. The summed E-state index contributed by atoms with van der Waals surface area (Å²) in [6.07, 6.45) is 5.09. The molecule has 3 rings (SSSR count). The number of ether oxygens (including phenoxy) is 1. The van der Waals surface area contributed by atoms with Gasteiger partial charge in [0.25, 0.3) is 0 Å². The standard InChI is InChI=1S/C16H10ClNO2/c17-13-6-4-11(5-7-13)15-10-12(16(19)20-15)9-14-3-1-2-8-18-14/h1-10H/b12-9+. The molecule has 0 saturated heterocycles. The lowest BCUT2D eigenvalue weighted by molar-refractivity contribution is -0.130. The lowest BCUT2D eigenvalue weighted by Gasteiger charge is -2.01. The van der Waals surface area contributed by atoms with E-state index < -0.39 is 0 Å². The molecule has 3 nitrogen and oxygen atoms in total. The van der Waals surface area contributed by atoms with Crippen molar-refractivity contribution in [3.8, 4) is 0 Å². The summed E-state index contributed by atoms with van der Waals surface area (Å²) in [6.45, 7) is 0. The topological polar surface area (TPSA) is 39.2 Å². The van der Waals surface area contributed by atoms with E-state index >= 15 is 0 Å². The number of aromatic nitrogens is 1. The second kappa shape index (κ2) is 5.31. The molecule has 0 atom stereocenters. The van der Waals surface area contributed by atoms with Gasteiger partial charge in [-0.1, -0.05) is 17.7 Å². The summed E-state index contributed by atoms with van der Waals surface area (Å²) in [4.78, 5) is 16.0. The van der Waals surface area contributed by atoms with Gasteiger partial charge in [0.05, 0.1) is 11.3 Å². The fourth-order valence-electron chi connectivity index (χ4n) is 1.87. The lowest BCUT2D eigenvalue weighted by atomic mass is 10.1. The molecule has 0 spiro atoms. The van der Waals surface area contributed by atoms with Crippen molar-refractivity contribution in [1.82, 2.24) is 4.98 Å². The molecule has 1 aliphatic rings. The second-order valence-electron chi connectivity index (χ2n) is 4.26. The minimum absolute atomic E-state index is 0.374. The van der Waals surface area contributed by atoms with Gasteiger partial charge in [-0.05, 0) is 48.6 Å². The van der Waals surface area contributed by atoms with Crippen LogP contribution in [-0.4, -0.2) is 11.0 Å². The molecule has 1 aliphatic heterocycles. The van der Waals surface area contributed by atoms with E-state index in [1.807, 2.05) is 30.3 Å². The monoisotopic (exact) mass is 283 g/mol. The number of nitrogens with zero attached hydrogens (tertiary/aromatic N) is 1. The number of rotatable bonds is 2. The Morgan fingerprint density at radius 1 is 1.10 bits per heavy atom. The molecular formula is C16H10ClNO2. The predicted octanol–water partition coefficient (Wildman–Crippen LogP) is 3.72. The lowest BCUT2D eigenvalue weighted by Crippen LogP contribution is -1.97. The van der Waals surface area contributed by atoms with Gasteiger partial charge in [-0.2, -0.15) is 0 Å². The molecule has 2 aromatic rings. The number of hydrogen-bond acceptors (Lipinski definition) is 3. The van der Waals surface area contributed by atoms with Crippen molar-refractivity contribution < 1.29 is 9.53 Å². The van der Waals surface area contributed by atoms with Gasteiger partial charge in [-0.15, -0.1) is 0 Å². The van der Waals surface area contributed by atoms with Crippen LogP contribution in [-0.2, 0) is 9.53 Å². The Kier molecular flexibility index (Phi) is 3.35. The van der Waals surface area contributed by atoms with Crippen LogP contribution >= 0.6 is 11.6 Å². The smallest absolute Gasteiger partial charge is 0.343 e. The fraction of sp³-hybridized carbons (Fsp3) is 0. The molecule has 1 aromatic carbocycles. The zero-order valence-corrected chi connectivity index (χ0v) is 11.2. The van der Waals surface area contributed by atoms with E-state index in [-0.39, 0.29) is 5.97 Å². The molecule has 0 bridgehead atoms. The maximum absolute atomic E-state index is 11.8. The molecule has 0 fully saturated rings. The molecule has 4 heteroatoms. The van der Waals surface area contributed by atoms with Crippen molar-refractivity contribution in [2.45, 2.75) is 0 Å². The van der Waals surface area contributed by atoms with Crippen LogP contribution in [0.15, 0.2) is 60.3 Å². The van der Waals surface area contributed by atoms with Crippen molar-refractivity contribution in [2.75, 3.05) is 0 Å². The fourth-order valence-corrected chi connectivity index (χ4v) is 1.99. The third-order valence-electron chi connectivity index (χ3n) is 2.84. The van der Waals surface area contributed by atoms with Crippen molar-refractivity contribution in [3.05, 3.63) is 76.6 Å². The Hall–Kier alpha value is -2.39. The van der Waals surface area contributed by atoms with Crippen LogP contribution in [0.5, 0.6) is 0 Å². The van der Waals surface area contributed by atoms with Gasteiger partial charge in [-0.3, -0.25) is 4.98 Å². The summed E-state index contributed by atoms with van der Waals surface area (Å²) in [5, 5.41) is 0.642. The Morgan fingerprint density at radius 2 is 1.90 bits per heavy atom. The first kappa shape index (κ1) is 12.6. The molecular weight excluding hydrogens is 274 g/mol. The summed E-state index contributed by atoms with van der Waals surface area (Å²) in [5.74, 6) is 0.148. The van der Waals surface area contributed by atoms with E-state index in [1.54, 1.807) is 30.5 Å². The summed E-state index contributed by atoms with van der Waals surface area (Å²) in [6, 6.07) is 12.6. The van der Waals surface area contributed by atoms with Crippen molar-refractivity contribution in [2.24, 2.45) is 0 Å². The highest BCUT2D eigenvalue weighted by molar-refractivity contribution is 6.30. The minimum Gasteiger partial charge on any atom is -0.422 e.